The van der Waals surface area contributed by atoms with Crippen LogP contribution < -0.4 is 15.4 Å². The third-order valence-corrected chi connectivity index (χ3v) is 4.40. The fourth-order valence-electron chi connectivity index (χ4n) is 3.14. The molecule has 0 radical (unpaired) electrons. The average Bonchev–Trinajstić information content (AvgIpc) is 2.42. The number of hydrogen-bond acceptors (Lipinski definition) is 3. The Balaban J connectivity index is 2.45. The van der Waals surface area contributed by atoms with Crippen LogP contribution in [0.1, 0.15) is 32.8 Å². The lowest BCUT2D eigenvalue weighted by molar-refractivity contribution is 0.296. The van der Waals surface area contributed by atoms with Crippen molar-refractivity contribution < 1.29 is 4.74 Å². The third kappa shape index (κ3) is 2.74. The molecule has 0 aliphatic carbocycles. The van der Waals surface area contributed by atoms with Crippen LogP contribution in [0.15, 0.2) is 18.2 Å². The molecule has 3 atom stereocenters. The number of benzene rings is 1. The van der Waals surface area contributed by atoms with Crippen LogP contribution in [0.25, 0.3) is 0 Å². The fourth-order valence-corrected chi connectivity index (χ4v) is 3.14. The van der Waals surface area contributed by atoms with E-state index >= 15 is 0 Å². The number of hydrogen-bond donors (Lipinski definition) is 2. The van der Waals surface area contributed by atoms with E-state index in [9.17, 15) is 0 Å². The van der Waals surface area contributed by atoms with E-state index < -0.39 is 0 Å². The van der Waals surface area contributed by atoms with Gasteiger partial charge in [-0.3, -0.25) is 5.41 Å². The van der Waals surface area contributed by atoms with E-state index in [0.29, 0.717) is 17.9 Å². The summed E-state index contributed by atoms with van der Waals surface area (Å²) in [5, 5.41) is 7.80. The molecular formula is C16H25N3O. The predicted molar refractivity (Wildman–Crippen MR) is 83.8 cm³/mol. The van der Waals surface area contributed by atoms with Gasteiger partial charge in [0.2, 0.25) is 0 Å². The maximum absolute atomic E-state index is 7.80. The molecule has 1 saturated heterocycles. The highest BCUT2D eigenvalue weighted by Crippen LogP contribution is 2.35. The molecule has 1 heterocycles. The first kappa shape index (κ1) is 14.7. The Labute approximate surface area is 121 Å². The quantitative estimate of drug-likeness (QED) is 0.658. The summed E-state index contributed by atoms with van der Waals surface area (Å²) in [6.45, 7) is 7.82. The first-order valence-corrected chi connectivity index (χ1v) is 7.23. The summed E-state index contributed by atoms with van der Waals surface area (Å²) in [7, 11) is 1.66. The molecular weight excluding hydrogens is 250 g/mol. The Kier molecular flexibility index (Phi) is 4.21. The number of rotatable bonds is 3. The molecule has 0 aromatic heterocycles. The average molecular weight is 275 g/mol. The van der Waals surface area contributed by atoms with Crippen molar-refractivity contribution in [2.24, 2.45) is 17.6 Å². The van der Waals surface area contributed by atoms with Gasteiger partial charge in [-0.15, -0.1) is 0 Å². The predicted octanol–water partition coefficient (Wildman–Crippen LogP) is 2.85. The van der Waals surface area contributed by atoms with Crippen molar-refractivity contribution in [3.8, 4) is 5.75 Å². The number of nitrogens with one attached hydrogen (secondary N) is 1. The van der Waals surface area contributed by atoms with Crippen molar-refractivity contribution in [1.82, 2.24) is 0 Å². The van der Waals surface area contributed by atoms with Crippen LogP contribution in [0.5, 0.6) is 5.75 Å². The molecule has 3 N–H and O–H groups in total. The first-order valence-electron chi connectivity index (χ1n) is 7.23. The summed E-state index contributed by atoms with van der Waals surface area (Å²) in [6.07, 6.45) is 1.25. The van der Waals surface area contributed by atoms with Gasteiger partial charge in [-0.05, 0) is 37.3 Å². The van der Waals surface area contributed by atoms with Crippen molar-refractivity contribution in [1.29, 1.82) is 5.41 Å². The van der Waals surface area contributed by atoms with E-state index in [1.54, 1.807) is 7.11 Å². The van der Waals surface area contributed by atoms with Gasteiger partial charge in [0.25, 0.3) is 0 Å². The molecule has 110 valence electrons. The van der Waals surface area contributed by atoms with E-state index in [1.807, 2.05) is 18.2 Å². The van der Waals surface area contributed by atoms with Crippen molar-refractivity contribution >= 4 is 11.5 Å². The maximum atomic E-state index is 7.80. The number of ether oxygens (including phenoxy) is 1. The van der Waals surface area contributed by atoms with Crippen LogP contribution in [0.2, 0.25) is 0 Å². The van der Waals surface area contributed by atoms with Crippen LogP contribution >= 0.6 is 0 Å². The minimum atomic E-state index is 0.112. The van der Waals surface area contributed by atoms with E-state index in [4.69, 9.17) is 15.9 Å². The number of methoxy groups -OCH3 is 1. The molecule has 4 nitrogen and oxygen atoms in total. The number of anilines is 1. The number of nitrogens with zero attached hydrogens (tertiary/aromatic N) is 1. The minimum Gasteiger partial charge on any atom is -0.497 e. The Hall–Kier alpha value is -1.71. The van der Waals surface area contributed by atoms with Crippen molar-refractivity contribution in [2.75, 3.05) is 18.6 Å². The molecule has 1 aromatic rings. The van der Waals surface area contributed by atoms with Gasteiger partial charge in [0.15, 0.2) is 0 Å². The molecule has 20 heavy (non-hydrogen) atoms. The molecule has 4 heteroatoms. The second-order valence-electron chi connectivity index (χ2n) is 6.01. The molecule has 0 amide bonds. The lowest BCUT2D eigenvalue weighted by atomic mass is 9.85. The molecule has 0 saturated carbocycles. The molecule has 2 rings (SSSR count). The minimum absolute atomic E-state index is 0.112. The zero-order valence-electron chi connectivity index (χ0n) is 12.8. The van der Waals surface area contributed by atoms with Crippen molar-refractivity contribution in [3.05, 3.63) is 23.8 Å². The highest BCUT2D eigenvalue weighted by atomic mass is 16.5. The Morgan fingerprint density at radius 1 is 1.35 bits per heavy atom. The Morgan fingerprint density at radius 2 is 2.05 bits per heavy atom. The van der Waals surface area contributed by atoms with E-state index in [2.05, 4.69) is 25.7 Å². The molecule has 1 aliphatic rings. The zero-order valence-corrected chi connectivity index (χ0v) is 12.8. The maximum Gasteiger partial charge on any atom is 0.124 e. The summed E-state index contributed by atoms with van der Waals surface area (Å²) in [5.74, 6) is 2.20. The standard InChI is InChI=1S/C16H25N3O/c1-10-7-11(2)12(3)19(9-10)15-8-13(20-4)5-6-14(15)16(17)18/h5-6,8,10-12H,7,9H2,1-4H3,(H3,17,18). The lowest BCUT2D eigenvalue weighted by Gasteiger charge is -2.43. The number of piperidine rings is 1. The monoisotopic (exact) mass is 275 g/mol. The summed E-state index contributed by atoms with van der Waals surface area (Å²) in [4.78, 5) is 2.37. The summed E-state index contributed by atoms with van der Waals surface area (Å²) < 4.78 is 5.33. The van der Waals surface area contributed by atoms with Gasteiger partial charge in [-0.1, -0.05) is 13.8 Å². The largest absolute Gasteiger partial charge is 0.497 e. The van der Waals surface area contributed by atoms with Crippen LogP contribution in [-0.2, 0) is 0 Å². The van der Waals surface area contributed by atoms with Gasteiger partial charge >= 0.3 is 0 Å². The van der Waals surface area contributed by atoms with E-state index in [0.717, 1.165) is 23.5 Å². The SMILES string of the molecule is COc1ccc(C(=N)N)c(N2CC(C)CC(C)C2C)c1. The highest BCUT2D eigenvalue weighted by molar-refractivity contribution is 6.00. The van der Waals surface area contributed by atoms with Crippen molar-refractivity contribution in [3.63, 3.8) is 0 Å². The molecule has 0 spiro atoms. The molecule has 1 fully saturated rings. The van der Waals surface area contributed by atoms with Gasteiger partial charge in [0, 0.05) is 24.2 Å². The zero-order chi connectivity index (χ0) is 14.9. The summed E-state index contributed by atoms with van der Waals surface area (Å²) >= 11 is 0. The summed E-state index contributed by atoms with van der Waals surface area (Å²) in [5.41, 5.74) is 7.55. The van der Waals surface area contributed by atoms with Crippen LogP contribution in [-0.4, -0.2) is 25.5 Å². The van der Waals surface area contributed by atoms with Crippen molar-refractivity contribution in [2.45, 2.75) is 33.2 Å². The fraction of sp³-hybridized carbons (Fsp3) is 0.562. The van der Waals surface area contributed by atoms with Crippen LogP contribution in [0, 0.1) is 17.2 Å². The highest BCUT2D eigenvalue weighted by Gasteiger charge is 2.30. The second-order valence-corrected chi connectivity index (χ2v) is 6.01. The van der Waals surface area contributed by atoms with E-state index in [-0.39, 0.29) is 5.84 Å². The Morgan fingerprint density at radius 3 is 2.65 bits per heavy atom. The third-order valence-electron chi connectivity index (χ3n) is 4.40. The normalized spacial score (nSPS) is 26.4. The molecule has 0 bridgehead atoms. The molecule has 1 aromatic carbocycles. The van der Waals surface area contributed by atoms with Gasteiger partial charge in [-0.25, -0.2) is 0 Å². The molecule has 3 unspecified atom stereocenters. The van der Waals surface area contributed by atoms with E-state index in [1.165, 1.54) is 6.42 Å². The van der Waals surface area contributed by atoms with Gasteiger partial charge < -0.3 is 15.4 Å². The smallest absolute Gasteiger partial charge is 0.124 e. The number of amidine groups is 1. The molecule has 1 aliphatic heterocycles. The first-order chi connectivity index (χ1) is 9.43. The second kappa shape index (κ2) is 5.73. The summed E-state index contributed by atoms with van der Waals surface area (Å²) in [6, 6.07) is 6.18. The topological polar surface area (TPSA) is 62.3 Å². The van der Waals surface area contributed by atoms with Gasteiger partial charge in [0.1, 0.15) is 11.6 Å². The van der Waals surface area contributed by atoms with Gasteiger partial charge in [0.05, 0.1) is 12.8 Å². The lowest BCUT2D eigenvalue weighted by Crippen LogP contribution is -2.46. The van der Waals surface area contributed by atoms with Crippen LogP contribution in [0.4, 0.5) is 5.69 Å². The number of nitrogens with two attached hydrogens (primary N) is 1. The Bertz CT molecular complexity index is 500. The van der Waals surface area contributed by atoms with Gasteiger partial charge in [-0.2, -0.15) is 0 Å². The number of nitrogen functional groups attached to an aromatic ring is 1. The van der Waals surface area contributed by atoms with Crippen LogP contribution in [0.3, 0.4) is 0 Å².